The third-order valence-corrected chi connectivity index (χ3v) is 6.07. The van der Waals surface area contributed by atoms with Crippen molar-refractivity contribution in [3.8, 4) is 6.07 Å². The molecule has 32 heavy (non-hydrogen) atoms. The predicted octanol–water partition coefficient (Wildman–Crippen LogP) is 6.96. The van der Waals surface area contributed by atoms with Gasteiger partial charge >= 0.3 is 0 Å². The number of para-hydroxylation sites is 1. The van der Waals surface area contributed by atoms with Crippen molar-refractivity contribution in [2.24, 2.45) is 0 Å². The fraction of sp³-hybridized carbons (Fsp3) is 0.0769. The molecule has 4 rings (SSSR count). The number of nitriles is 1. The summed E-state index contributed by atoms with van der Waals surface area (Å²) >= 11 is 9.40. The first-order chi connectivity index (χ1) is 15.5. The lowest BCUT2D eigenvalue weighted by Gasteiger charge is -2.09. The molecule has 4 nitrogen and oxygen atoms in total. The van der Waals surface area contributed by atoms with Crippen molar-refractivity contribution in [2.75, 3.05) is 5.32 Å². The first-order valence-electron chi connectivity index (χ1n) is 9.97. The Morgan fingerprint density at radius 3 is 2.47 bits per heavy atom. The van der Waals surface area contributed by atoms with Crippen molar-refractivity contribution >= 4 is 56.1 Å². The second-order valence-electron chi connectivity index (χ2n) is 7.36. The Labute approximate surface area is 199 Å². The van der Waals surface area contributed by atoms with Crippen LogP contribution in [0, 0.1) is 18.3 Å². The Bertz CT molecular complexity index is 1360. The van der Waals surface area contributed by atoms with E-state index < -0.39 is 5.91 Å². The van der Waals surface area contributed by atoms with Crippen molar-refractivity contribution in [2.45, 2.75) is 13.5 Å². The zero-order chi connectivity index (χ0) is 22.7. The van der Waals surface area contributed by atoms with E-state index in [0.29, 0.717) is 17.3 Å². The number of carbonyl (C=O) groups excluding carboxylic acids is 1. The van der Waals surface area contributed by atoms with E-state index in [9.17, 15) is 10.1 Å². The fourth-order valence-corrected chi connectivity index (χ4v) is 4.03. The molecule has 0 aliphatic rings. The topological polar surface area (TPSA) is 57.8 Å². The number of hydrogen-bond donors (Lipinski definition) is 1. The highest BCUT2D eigenvalue weighted by Gasteiger charge is 2.16. The van der Waals surface area contributed by atoms with Crippen LogP contribution in [-0.2, 0) is 11.3 Å². The number of fused-ring (bicyclic) bond motifs is 1. The lowest BCUT2D eigenvalue weighted by molar-refractivity contribution is -0.112. The lowest BCUT2D eigenvalue weighted by Crippen LogP contribution is -2.13. The van der Waals surface area contributed by atoms with Gasteiger partial charge in [0.25, 0.3) is 5.91 Å². The van der Waals surface area contributed by atoms with E-state index >= 15 is 0 Å². The number of hydrogen-bond acceptors (Lipinski definition) is 2. The summed E-state index contributed by atoms with van der Waals surface area (Å²) in [6, 6.07) is 25.0. The van der Waals surface area contributed by atoms with Crippen LogP contribution in [0.3, 0.4) is 0 Å². The second kappa shape index (κ2) is 9.44. The van der Waals surface area contributed by atoms with Crippen molar-refractivity contribution in [3.05, 3.63) is 105 Å². The Kier molecular flexibility index (Phi) is 6.45. The summed E-state index contributed by atoms with van der Waals surface area (Å²) in [4.78, 5) is 12.8. The summed E-state index contributed by atoms with van der Waals surface area (Å²) in [6.07, 6.45) is 1.67. The van der Waals surface area contributed by atoms with Gasteiger partial charge in [0, 0.05) is 43.9 Å². The second-order valence-corrected chi connectivity index (χ2v) is 8.71. The average molecular weight is 505 g/mol. The standard InChI is InChI=1S/C26H19BrClN3O/c1-17-24(14-19(15-29)26(32)30-22-12-8-20(27)9-13-22)23-4-2-3-5-25(23)31(17)16-18-6-10-21(28)11-7-18/h2-14H,16H2,1H3,(H,30,32)/b19-14-. The molecule has 4 aromatic rings. The van der Waals surface area contributed by atoms with Crippen molar-refractivity contribution in [3.63, 3.8) is 0 Å². The highest BCUT2D eigenvalue weighted by Crippen LogP contribution is 2.29. The summed E-state index contributed by atoms with van der Waals surface area (Å²) < 4.78 is 3.10. The summed E-state index contributed by atoms with van der Waals surface area (Å²) in [5.74, 6) is -0.441. The van der Waals surface area contributed by atoms with Gasteiger partial charge in [-0.3, -0.25) is 4.79 Å². The van der Waals surface area contributed by atoms with E-state index in [1.165, 1.54) is 0 Å². The maximum atomic E-state index is 12.8. The van der Waals surface area contributed by atoms with Crippen LogP contribution in [0.5, 0.6) is 0 Å². The molecule has 6 heteroatoms. The van der Waals surface area contributed by atoms with E-state index in [-0.39, 0.29) is 5.57 Å². The summed E-state index contributed by atoms with van der Waals surface area (Å²) in [6.45, 7) is 2.66. The highest BCUT2D eigenvalue weighted by atomic mass is 79.9. The Morgan fingerprint density at radius 2 is 1.78 bits per heavy atom. The molecule has 0 unspecified atom stereocenters. The summed E-state index contributed by atoms with van der Waals surface area (Å²) in [5, 5.41) is 14.2. The minimum atomic E-state index is -0.441. The molecule has 0 aliphatic carbocycles. The molecule has 0 saturated heterocycles. The number of nitrogens with one attached hydrogen (secondary N) is 1. The predicted molar refractivity (Wildman–Crippen MR) is 134 cm³/mol. The molecule has 1 heterocycles. The molecular formula is C26H19BrClN3O. The van der Waals surface area contributed by atoms with Crippen LogP contribution in [0.15, 0.2) is 82.8 Å². The van der Waals surface area contributed by atoms with Crippen LogP contribution in [0.25, 0.3) is 17.0 Å². The quantitative estimate of drug-likeness (QED) is 0.236. The third-order valence-electron chi connectivity index (χ3n) is 5.29. The van der Waals surface area contributed by atoms with E-state index in [1.54, 1.807) is 18.2 Å². The van der Waals surface area contributed by atoms with E-state index in [0.717, 1.165) is 32.2 Å². The molecule has 1 amide bonds. The number of rotatable bonds is 5. The normalized spacial score (nSPS) is 11.4. The molecule has 1 N–H and O–H groups in total. The van der Waals surface area contributed by atoms with Crippen LogP contribution in [-0.4, -0.2) is 10.5 Å². The number of nitrogens with zero attached hydrogens (tertiary/aromatic N) is 2. The highest BCUT2D eigenvalue weighted by molar-refractivity contribution is 9.10. The number of aromatic nitrogens is 1. The van der Waals surface area contributed by atoms with Gasteiger partial charge in [-0.1, -0.05) is 57.9 Å². The maximum absolute atomic E-state index is 12.8. The van der Waals surface area contributed by atoms with Gasteiger partial charge in [-0.05, 0) is 61.0 Å². The maximum Gasteiger partial charge on any atom is 0.266 e. The van der Waals surface area contributed by atoms with E-state index in [4.69, 9.17) is 11.6 Å². The largest absolute Gasteiger partial charge is 0.340 e. The Hall–Kier alpha value is -3.33. The Morgan fingerprint density at radius 1 is 1.09 bits per heavy atom. The van der Waals surface area contributed by atoms with Crippen molar-refractivity contribution < 1.29 is 4.79 Å². The minimum Gasteiger partial charge on any atom is -0.340 e. The first-order valence-corrected chi connectivity index (χ1v) is 11.1. The van der Waals surface area contributed by atoms with Gasteiger partial charge in [0.15, 0.2) is 0 Å². The first kappa shape index (κ1) is 21.9. The van der Waals surface area contributed by atoms with Gasteiger partial charge in [-0.2, -0.15) is 5.26 Å². The molecule has 1 aromatic heterocycles. The van der Waals surface area contributed by atoms with Gasteiger partial charge in [0.2, 0.25) is 0 Å². The molecule has 0 aliphatic heterocycles. The van der Waals surface area contributed by atoms with Crippen molar-refractivity contribution in [1.29, 1.82) is 5.26 Å². The van der Waals surface area contributed by atoms with Gasteiger partial charge in [0.1, 0.15) is 11.6 Å². The number of carbonyl (C=O) groups is 1. The van der Waals surface area contributed by atoms with Crippen molar-refractivity contribution in [1.82, 2.24) is 4.57 Å². The van der Waals surface area contributed by atoms with Crippen LogP contribution in [0.2, 0.25) is 5.02 Å². The zero-order valence-corrected chi connectivity index (χ0v) is 19.6. The smallest absolute Gasteiger partial charge is 0.266 e. The van der Waals surface area contributed by atoms with Gasteiger partial charge in [-0.25, -0.2) is 0 Å². The summed E-state index contributed by atoms with van der Waals surface area (Å²) in [7, 11) is 0. The number of halogens is 2. The number of amides is 1. The molecule has 3 aromatic carbocycles. The van der Waals surface area contributed by atoms with Crippen LogP contribution >= 0.6 is 27.5 Å². The van der Waals surface area contributed by atoms with Crippen LogP contribution in [0.1, 0.15) is 16.8 Å². The SMILES string of the molecule is Cc1c(/C=C(/C#N)C(=O)Nc2ccc(Br)cc2)c2ccccc2n1Cc1ccc(Cl)cc1. The van der Waals surface area contributed by atoms with E-state index in [2.05, 4.69) is 31.9 Å². The zero-order valence-electron chi connectivity index (χ0n) is 17.3. The molecule has 158 valence electrons. The van der Waals surface area contributed by atoms with Gasteiger partial charge < -0.3 is 9.88 Å². The molecule has 0 radical (unpaired) electrons. The third kappa shape index (κ3) is 4.62. The Balaban J connectivity index is 1.72. The molecule has 0 saturated carbocycles. The molecule has 0 bridgehead atoms. The minimum absolute atomic E-state index is 0.0467. The average Bonchev–Trinajstić information content (AvgIpc) is 3.06. The number of anilines is 1. The molecule has 0 atom stereocenters. The van der Waals surface area contributed by atoms with Crippen LogP contribution in [0.4, 0.5) is 5.69 Å². The fourth-order valence-electron chi connectivity index (χ4n) is 3.64. The lowest BCUT2D eigenvalue weighted by atomic mass is 10.1. The van der Waals surface area contributed by atoms with Gasteiger partial charge in [-0.15, -0.1) is 0 Å². The molecular weight excluding hydrogens is 486 g/mol. The number of benzene rings is 3. The van der Waals surface area contributed by atoms with Crippen LogP contribution < -0.4 is 5.32 Å². The summed E-state index contributed by atoms with van der Waals surface area (Å²) in [5.41, 5.74) is 4.66. The van der Waals surface area contributed by atoms with E-state index in [1.807, 2.05) is 67.6 Å². The monoisotopic (exact) mass is 503 g/mol. The molecule has 0 spiro atoms. The van der Waals surface area contributed by atoms with Gasteiger partial charge in [0.05, 0.1) is 0 Å². The molecule has 0 fully saturated rings.